The minimum Gasteiger partial charge on any atom is -0.495 e. The SMILES string of the molecule is COc1cc(OC)c(Cl)c(N(C(=O)OC(C)(C)C)C(=O)N(Cc2ccccc2)c2cc(Cl)ncn2)c1Cl. The number of urea groups is 1. The van der Waals surface area contributed by atoms with Gasteiger partial charge in [0.2, 0.25) is 0 Å². The number of imide groups is 1. The molecule has 0 radical (unpaired) electrons. The molecule has 0 atom stereocenters. The van der Waals surface area contributed by atoms with Crippen molar-refractivity contribution in [3.8, 4) is 11.5 Å². The van der Waals surface area contributed by atoms with Crippen LogP contribution in [0.15, 0.2) is 48.8 Å². The molecule has 3 amide bonds. The molecule has 0 N–H and O–H groups in total. The number of aromatic nitrogens is 2. The summed E-state index contributed by atoms with van der Waals surface area (Å²) in [6, 6.07) is 11.1. The van der Waals surface area contributed by atoms with Crippen molar-refractivity contribution >= 4 is 58.4 Å². The number of benzene rings is 2. The first kappa shape index (κ1) is 28.3. The summed E-state index contributed by atoms with van der Waals surface area (Å²) >= 11 is 19.3. The van der Waals surface area contributed by atoms with Crippen LogP contribution in [-0.4, -0.2) is 41.9 Å². The summed E-state index contributed by atoms with van der Waals surface area (Å²) in [6.07, 6.45) is 0.171. The van der Waals surface area contributed by atoms with Gasteiger partial charge in [-0.25, -0.2) is 19.6 Å². The van der Waals surface area contributed by atoms with Crippen molar-refractivity contribution in [2.24, 2.45) is 0 Å². The number of ether oxygens (including phenoxy) is 3. The van der Waals surface area contributed by atoms with Crippen molar-refractivity contribution in [1.82, 2.24) is 9.97 Å². The number of rotatable bonds is 6. The monoisotopic (exact) mass is 566 g/mol. The minimum absolute atomic E-state index is 0.0165. The highest BCUT2D eigenvalue weighted by molar-refractivity contribution is 6.43. The summed E-state index contributed by atoms with van der Waals surface area (Å²) in [5.41, 5.74) is -0.396. The Bertz CT molecular complexity index is 1260. The van der Waals surface area contributed by atoms with E-state index < -0.39 is 17.7 Å². The van der Waals surface area contributed by atoms with Crippen LogP contribution in [-0.2, 0) is 11.3 Å². The Balaban J connectivity index is 2.25. The molecular weight excluding hydrogens is 543 g/mol. The van der Waals surface area contributed by atoms with Crippen LogP contribution in [0.2, 0.25) is 15.2 Å². The number of anilines is 2. The van der Waals surface area contributed by atoms with E-state index in [4.69, 9.17) is 49.0 Å². The maximum Gasteiger partial charge on any atom is 0.423 e. The van der Waals surface area contributed by atoms with Crippen LogP contribution in [0, 0.1) is 0 Å². The molecule has 0 unspecified atom stereocenters. The molecule has 1 heterocycles. The van der Waals surface area contributed by atoms with Gasteiger partial charge in [-0.05, 0) is 26.3 Å². The van der Waals surface area contributed by atoms with Gasteiger partial charge in [-0.2, -0.15) is 4.90 Å². The molecule has 37 heavy (non-hydrogen) atoms. The van der Waals surface area contributed by atoms with Crippen LogP contribution in [0.1, 0.15) is 26.3 Å². The number of methoxy groups -OCH3 is 2. The Morgan fingerprint density at radius 1 is 0.919 bits per heavy atom. The van der Waals surface area contributed by atoms with Crippen molar-refractivity contribution in [1.29, 1.82) is 0 Å². The molecule has 0 spiro atoms. The molecule has 0 aliphatic heterocycles. The Hall–Kier alpha value is -3.27. The van der Waals surface area contributed by atoms with E-state index in [-0.39, 0.29) is 44.7 Å². The predicted molar refractivity (Wildman–Crippen MR) is 143 cm³/mol. The molecule has 0 aliphatic carbocycles. The topological polar surface area (TPSA) is 94.1 Å². The standard InChI is InChI=1S/C25H25Cl3N4O5/c1-25(2,3)37-24(34)32(22-20(27)16(35-4)11-17(36-5)21(22)28)23(33)31(13-15-9-7-6-8-10-15)19-12-18(26)29-14-30-19/h6-12,14H,13H2,1-5H3. The highest BCUT2D eigenvalue weighted by atomic mass is 35.5. The lowest BCUT2D eigenvalue weighted by atomic mass is 10.2. The molecule has 0 fully saturated rings. The Morgan fingerprint density at radius 2 is 1.51 bits per heavy atom. The van der Waals surface area contributed by atoms with E-state index >= 15 is 0 Å². The van der Waals surface area contributed by atoms with Crippen molar-refractivity contribution in [3.63, 3.8) is 0 Å². The molecule has 0 saturated carbocycles. The van der Waals surface area contributed by atoms with E-state index in [9.17, 15) is 9.59 Å². The van der Waals surface area contributed by atoms with E-state index in [2.05, 4.69) is 9.97 Å². The first-order valence-corrected chi connectivity index (χ1v) is 12.1. The van der Waals surface area contributed by atoms with Gasteiger partial charge in [0.25, 0.3) is 0 Å². The molecule has 0 saturated heterocycles. The van der Waals surface area contributed by atoms with Crippen molar-refractivity contribution in [2.45, 2.75) is 32.9 Å². The third-order valence-corrected chi connectivity index (χ3v) is 5.79. The Labute approximate surface area is 229 Å². The zero-order valence-electron chi connectivity index (χ0n) is 20.8. The van der Waals surface area contributed by atoms with Crippen LogP contribution >= 0.6 is 34.8 Å². The zero-order chi connectivity index (χ0) is 27.3. The van der Waals surface area contributed by atoms with Gasteiger partial charge >= 0.3 is 12.1 Å². The molecule has 2 aromatic carbocycles. The fourth-order valence-electron chi connectivity index (χ4n) is 3.25. The molecule has 12 heteroatoms. The van der Waals surface area contributed by atoms with Gasteiger partial charge < -0.3 is 14.2 Å². The fourth-order valence-corrected chi connectivity index (χ4v) is 4.06. The molecular formula is C25H25Cl3N4O5. The summed E-state index contributed by atoms with van der Waals surface area (Å²) in [6.45, 7) is 5.00. The minimum atomic E-state index is -1.03. The Morgan fingerprint density at radius 3 is 2.03 bits per heavy atom. The highest BCUT2D eigenvalue weighted by Crippen LogP contribution is 2.47. The van der Waals surface area contributed by atoms with E-state index in [0.29, 0.717) is 0 Å². The number of nitrogens with zero attached hydrogens (tertiary/aromatic N) is 4. The van der Waals surface area contributed by atoms with Crippen LogP contribution in [0.3, 0.4) is 0 Å². The largest absolute Gasteiger partial charge is 0.495 e. The lowest BCUT2D eigenvalue weighted by molar-refractivity contribution is 0.0594. The van der Waals surface area contributed by atoms with Crippen molar-refractivity contribution < 1.29 is 23.8 Å². The number of carbonyl (C=O) groups is 2. The summed E-state index contributed by atoms with van der Waals surface area (Å²) in [5, 5.41) is -0.112. The fraction of sp³-hybridized carbons (Fsp3) is 0.280. The zero-order valence-corrected chi connectivity index (χ0v) is 23.1. The van der Waals surface area contributed by atoms with Gasteiger partial charge in [0.1, 0.15) is 50.1 Å². The third-order valence-electron chi connectivity index (χ3n) is 4.85. The van der Waals surface area contributed by atoms with Crippen molar-refractivity contribution in [3.05, 3.63) is 69.6 Å². The number of amides is 3. The van der Waals surface area contributed by atoms with Crippen LogP contribution in [0.4, 0.5) is 21.1 Å². The molecule has 1 aromatic heterocycles. The molecule has 196 valence electrons. The van der Waals surface area contributed by atoms with Crippen molar-refractivity contribution in [2.75, 3.05) is 24.0 Å². The highest BCUT2D eigenvalue weighted by Gasteiger charge is 2.38. The number of halogens is 3. The molecule has 3 rings (SSSR count). The maximum absolute atomic E-state index is 14.2. The summed E-state index contributed by atoms with van der Waals surface area (Å²) in [7, 11) is 2.76. The van der Waals surface area contributed by atoms with Gasteiger partial charge in [0.05, 0.1) is 20.8 Å². The lowest BCUT2D eigenvalue weighted by Gasteiger charge is -2.32. The average molecular weight is 568 g/mol. The number of hydrogen-bond acceptors (Lipinski definition) is 7. The van der Waals surface area contributed by atoms with Gasteiger partial charge in [-0.15, -0.1) is 0 Å². The summed E-state index contributed by atoms with van der Waals surface area (Å²) in [4.78, 5) is 37.8. The first-order valence-electron chi connectivity index (χ1n) is 10.9. The van der Waals surface area contributed by atoms with E-state index in [1.54, 1.807) is 20.8 Å². The second-order valence-electron chi connectivity index (χ2n) is 8.63. The summed E-state index contributed by atoms with van der Waals surface area (Å²) in [5.74, 6) is 0.377. The van der Waals surface area contributed by atoms with Gasteiger partial charge in [-0.3, -0.25) is 4.90 Å². The van der Waals surface area contributed by atoms with E-state index in [1.165, 1.54) is 37.6 Å². The smallest absolute Gasteiger partial charge is 0.423 e. The van der Waals surface area contributed by atoms with E-state index in [0.717, 1.165) is 10.5 Å². The Kier molecular flexibility index (Phi) is 9.07. The van der Waals surface area contributed by atoms with Gasteiger partial charge in [0, 0.05) is 12.1 Å². The third kappa shape index (κ3) is 6.74. The quantitative estimate of drug-likeness (QED) is 0.295. The predicted octanol–water partition coefficient (Wildman–Crippen LogP) is 7.02. The second kappa shape index (κ2) is 11.9. The normalized spacial score (nSPS) is 11.0. The van der Waals surface area contributed by atoms with E-state index in [1.807, 2.05) is 30.3 Å². The van der Waals surface area contributed by atoms with Gasteiger partial charge in [-0.1, -0.05) is 65.1 Å². The average Bonchev–Trinajstić information content (AvgIpc) is 2.84. The van der Waals surface area contributed by atoms with Crippen LogP contribution < -0.4 is 19.3 Å². The molecule has 3 aromatic rings. The van der Waals surface area contributed by atoms with Gasteiger partial charge in [0.15, 0.2) is 0 Å². The first-order chi connectivity index (χ1) is 17.5. The summed E-state index contributed by atoms with van der Waals surface area (Å²) < 4.78 is 16.2. The second-order valence-corrected chi connectivity index (χ2v) is 9.77. The molecule has 0 aliphatic rings. The van der Waals surface area contributed by atoms with Crippen LogP contribution in [0.25, 0.3) is 0 Å². The number of carbonyl (C=O) groups excluding carboxylic acids is 2. The van der Waals surface area contributed by atoms with Crippen LogP contribution in [0.5, 0.6) is 11.5 Å². The molecule has 9 nitrogen and oxygen atoms in total. The maximum atomic E-state index is 14.2. The number of hydrogen-bond donors (Lipinski definition) is 0. The lowest BCUT2D eigenvalue weighted by Crippen LogP contribution is -2.49. The molecule has 0 bridgehead atoms.